The van der Waals surface area contributed by atoms with Crippen molar-refractivity contribution in [2.24, 2.45) is 0 Å². The lowest BCUT2D eigenvalue weighted by Gasteiger charge is -2.14. The molecule has 1 aliphatic rings. The minimum atomic E-state index is -1.02. The molecule has 1 N–H and O–H groups in total. The molecule has 0 bridgehead atoms. The van der Waals surface area contributed by atoms with Crippen molar-refractivity contribution in [1.82, 2.24) is 0 Å². The summed E-state index contributed by atoms with van der Waals surface area (Å²) in [5, 5.41) is 9.72. The van der Waals surface area contributed by atoms with E-state index >= 15 is 0 Å². The lowest BCUT2D eigenvalue weighted by molar-refractivity contribution is -0.145. The third-order valence-electron chi connectivity index (χ3n) is 3.96. The van der Waals surface area contributed by atoms with Crippen LogP contribution in [0.4, 0.5) is 5.69 Å². The van der Waals surface area contributed by atoms with Gasteiger partial charge in [-0.05, 0) is 54.5 Å². The smallest absolute Gasteiger partial charge is 0.344 e. The summed E-state index contributed by atoms with van der Waals surface area (Å²) in [6, 6.07) is 13.8. The van der Waals surface area contributed by atoms with Crippen molar-refractivity contribution in [3.8, 4) is 5.75 Å². The zero-order chi connectivity index (χ0) is 20.3. The third kappa shape index (κ3) is 4.55. The lowest BCUT2D eigenvalue weighted by Crippen LogP contribution is -2.27. The molecule has 1 heterocycles. The van der Waals surface area contributed by atoms with Crippen molar-refractivity contribution in [2.45, 2.75) is 19.4 Å². The molecule has 2 aromatic rings. The number of carbonyl (C=O) groups excluding carboxylic acids is 1. The van der Waals surface area contributed by atoms with E-state index < -0.39 is 12.1 Å². The fraction of sp³-hybridized carbons (Fsp3) is 0.150. The molecule has 0 aromatic heterocycles. The number of amides is 1. The molecule has 1 unspecified atom stereocenters. The van der Waals surface area contributed by atoms with Gasteiger partial charge in [0.2, 0.25) is 0 Å². The maximum atomic E-state index is 12.8. The number of carboxylic acids is 1. The van der Waals surface area contributed by atoms with E-state index in [1.807, 2.05) is 6.07 Å². The number of nitrogens with zero attached hydrogens (tertiary/aromatic N) is 1. The van der Waals surface area contributed by atoms with Gasteiger partial charge in [-0.25, -0.2) is 4.79 Å². The summed E-state index contributed by atoms with van der Waals surface area (Å²) >= 11 is 12.5. The highest BCUT2D eigenvalue weighted by Crippen LogP contribution is 2.36. The van der Waals surface area contributed by atoms with Crippen molar-refractivity contribution in [3.63, 3.8) is 0 Å². The van der Waals surface area contributed by atoms with Crippen LogP contribution in [0.1, 0.15) is 18.9 Å². The number of ether oxygens (including phenoxy) is 1. The van der Waals surface area contributed by atoms with Crippen molar-refractivity contribution in [3.05, 3.63) is 64.0 Å². The number of carboxylic acid groups (broad SMARTS) is 1. The molecule has 2 aromatic carbocycles. The number of halogens is 1. The summed E-state index contributed by atoms with van der Waals surface area (Å²) in [6.07, 6.45) is 1.14. The second-order valence-corrected chi connectivity index (χ2v) is 8.03. The average molecular weight is 434 g/mol. The Morgan fingerprint density at radius 2 is 2.04 bits per heavy atom. The van der Waals surface area contributed by atoms with Crippen molar-refractivity contribution in [2.75, 3.05) is 4.90 Å². The maximum Gasteiger partial charge on any atom is 0.344 e. The first-order valence-electron chi connectivity index (χ1n) is 8.42. The highest BCUT2D eigenvalue weighted by Gasteiger charge is 2.33. The fourth-order valence-corrected chi connectivity index (χ4v) is 4.01. The number of rotatable bonds is 6. The van der Waals surface area contributed by atoms with E-state index in [-0.39, 0.29) is 5.91 Å². The Hall–Kier alpha value is -2.35. The number of anilines is 1. The summed E-state index contributed by atoms with van der Waals surface area (Å²) in [5.41, 5.74) is 1.37. The summed E-state index contributed by atoms with van der Waals surface area (Å²) in [5.74, 6) is -0.812. The van der Waals surface area contributed by atoms with Gasteiger partial charge in [-0.2, -0.15) is 0 Å². The van der Waals surface area contributed by atoms with E-state index in [2.05, 4.69) is 0 Å². The summed E-state index contributed by atoms with van der Waals surface area (Å²) in [7, 11) is 0. The Kier molecular flexibility index (Phi) is 6.39. The van der Waals surface area contributed by atoms with Crippen LogP contribution in [0.25, 0.3) is 6.08 Å². The molecular formula is C20H16ClNO4S2. The standard InChI is InChI=1S/C20H16ClNO4S2/c1-2-16(19(24)25)26-15-5-3-4-12(10-15)11-17-18(23)22(20(27)28-17)14-8-6-13(21)7-9-14/h3-11,16H,2H2,1H3,(H,24,25)/b17-11+. The second-order valence-electron chi connectivity index (χ2n) is 5.92. The molecule has 1 fully saturated rings. The van der Waals surface area contributed by atoms with E-state index in [0.29, 0.717) is 37.7 Å². The summed E-state index contributed by atoms with van der Waals surface area (Å²) in [6.45, 7) is 1.74. The number of carbonyl (C=O) groups is 2. The molecule has 1 saturated heterocycles. The monoisotopic (exact) mass is 433 g/mol. The van der Waals surface area contributed by atoms with Gasteiger partial charge >= 0.3 is 5.97 Å². The van der Waals surface area contributed by atoms with Crippen LogP contribution in [0, 0.1) is 0 Å². The van der Waals surface area contributed by atoms with E-state index in [0.717, 1.165) is 0 Å². The van der Waals surface area contributed by atoms with Gasteiger partial charge in [-0.15, -0.1) is 0 Å². The lowest BCUT2D eigenvalue weighted by atomic mass is 10.2. The summed E-state index contributed by atoms with van der Waals surface area (Å²) < 4.78 is 5.94. The van der Waals surface area contributed by atoms with E-state index in [1.54, 1.807) is 55.5 Å². The molecule has 0 radical (unpaired) electrons. The van der Waals surface area contributed by atoms with Crippen molar-refractivity contribution >= 4 is 63.5 Å². The van der Waals surface area contributed by atoms with Gasteiger partial charge in [-0.3, -0.25) is 9.69 Å². The number of thioether (sulfide) groups is 1. The molecule has 3 rings (SSSR count). The van der Waals surface area contributed by atoms with Gasteiger partial charge in [0.25, 0.3) is 5.91 Å². The van der Waals surface area contributed by atoms with Gasteiger partial charge in [0, 0.05) is 5.02 Å². The average Bonchev–Trinajstić information content (AvgIpc) is 2.94. The van der Waals surface area contributed by atoms with Crippen LogP contribution in [0.3, 0.4) is 0 Å². The first kappa shape index (κ1) is 20.4. The number of aliphatic carboxylic acids is 1. The molecule has 0 saturated carbocycles. The van der Waals surface area contributed by atoms with Crippen LogP contribution >= 0.6 is 35.6 Å². The number of hydrogen-bond acceptors (Lipinski definition) is 5. The first-order chi connectivity index (χ1) is 13.4. The molecule has 1 atom stereocenters. The largest absolute Gasteiger partial charge is 0.479 e. The molecular weight excluding hydrogens is 418 g/mol. The van der Waals surface area contributed by atoms with Gasteiger partial charge < -0.3 is 9.84 Å². The van der Waals surface area contributed by atoms with Crippen LogP contribution in [-0.4, -0.2) is 27.4 Å². The highest BCUT2D eigenvalue weighted by atomic mass is 35.5. The van der Waals surface area contributed by atoms with Crippen LogP contribution in [0.2, 0.25) is 5.02 Å². The zero-order valence-electron chi connectivity index (χ0n) is 14.8. The minimum Gasteiger partial charge on any atom is -0.479 e. The zero-order valence-corrected chi connectivity index (χ0v) is 17.2. The van der Waals surface area contributed by atoms with Crippen LogP contribution in [-0.2, 0) is 9.59 Å². The molecule has 28 heavy (non-hydrogen) atoms. The Labute approximate surface area is 176 Å². The quantitative estimate of drug-likeness (QED) is 0.511. The van der Waals surface area contributed by atoms with E-state index in [4.69, 9.17) is 33.7 Å². The molecule has 0 spiro atoms. The molecule has 5 nitrogen and oxygen atoms in total. The number of benzene rings is 2. The Morgan fingerprint density at radius 3 is 2.68 bits per heavy atom. The molecule has 0 aliphatic carbocycles. The van der Waals surface area contributed by atoms with Crippen LogP contribution in [0.15, 0.2) is 53.4 Å². The van der Waals surface area contributed by atoms with Crippen LogP contribution < -0.4 is 9.64 Å². The SMILES string of the molecule is CCC(Oc1cccc(/C=C2/SC(=S)N(c3ccc(Cl)cc3)C2=O)c1)C(=O)O. The summed E-state index contributed by atoms with van der Waals surface area (Å²) in [4.78, 5) is 25.9. The minimum absolute atomic E-state index is 0.222. The van der Waals surface area contributed by atoms with E-state index in [1.165, 1.54) is 16.7 Å². The van der Waals surface area contributed by atoms with Crippen molar-refractivity contribution < 1.29 is 19.4 Å². The third-order valence-corrected chi connectivity index (χ3v) is 5.51. The van der Waals surface area contributed by atoms with Gasteiger partial charge in [0.05, 0.1) is 10.6 Å². The normalized spacial score (nSPS) is 16.5. The maximum absolute atomic E-state index is 12.8. The topological polar surface area (TPSA) is 66.8 Å². The number of hydrogen-bond donors (Lipinski definition) is 1. The predicted octanol–water partition coefficient (Wildman–Crippen LogP) is 4.99. The van der Waals surface area contributed by atoms with Crippen LogP contribution in [0.5, 0.6) is 5.75 Å². The van der Waals surface area contributed by atoms with Gasteiger partial charge in [0.1, 0.15) is 5.75 Å². The Bertz CT molecular complexity index is 959. The fourth-order valence-electron chi connectivity index (χ4n) is 2.58. The molecule has 8 heteroatoms. The molecule has 1 aliphatic heterocycles. The predicted molar refractivity (Wildman–Crippen MR) is 116 cm³/mol. The van der Waals surface area contributed by atoms with Gasteiger partial charge in [-0.1, -0.05) is 54.6 Å². The van der Waals surface area contributed by atoms with E-state index in [9.17, 15) is 9.59 Å². The first-order valence-corrected chi connectivity index (χ1v) is 10.0. The molecule has 1 amide bonds. The number of thiocarbonyl (C=S) groups is 1. The van der Waals surface area contributed by atoms with Crippen molar-refractivity contribution in [1.29, 1.82) is 0 Å². The second kappa shape index (κ2) is 8.77. The van der Waals surface area contributed by atoms with Gasteiger partial charge in [0.15, 0.2) is 10.4 Å². The Morgan fingerprint density at radius 1 is 1.32 bits per heavy atom. The molecule has 144 valence electrons. The Balaban J connectivity index is 1.83. The highest BCUT2D eigenvalue weighted by molar-refractivity contribution is 8.27.